The Morgan fingerprint density at radius 2 is 2.04 bits per heavy atom. The summed E-state index contributed by atoms with van der Waals surface area (Å²) in [7, 11) is 0. The Balaban J connectivity index is 1.43. The minimum absolute atomic E-state index is 0.0430. The van der Waals surface area contributed by atoms with Gasteiger partial charge in [-0.2, -0.15) is 0 Å². The van der Waals surface area contributed by atoms with Crippen LogP contribution < -0.4 is 11.1 Å². The average molecular weight is 311 g/mol. The Hall–Kier alpha value is -2.56. The van der Waals surface area contributed by atoms with Crippen LogP contribution in [0.3, 0.4) is 0 Å². The number of rotatable bonds is 6. The predicted molar refractivity (Wildman–Crippen MR) is 88.1 cm³/mol. The Kier molecular flexibility index (Phi) is 4.46. The second-order valence-electron chi connectivity index (χ2n) is 6.02. The molecular formula is C18H21N3O2. The first-order valence-corrected chi connectivity index (χ1v) is 7.90. The van der Waals surface area contributed by atoms with Gasteiger partial charge in [0, 0.05) is 36.7 Å². The fourth-order valence-electron chi connectivity index (χ4n) is 2.85. The van der Waals surface area contributed by atoms with E-state index in [9.17, 15) is 9.59 Å². The first kappa shape index (κ1) is 15.3. The lowest BCUT2D eigenvalue weighted by Crippen LogP contribution is -2.30. The topological polar surface area (TPSA) is 75.4 Å². The van der Waals surface area contributed by atoms with Crippen LogP contribution in [0.5, 0.6) is 0 Å². The molecule has 0 radical (unpaired) electrons. The first-order chi connectivity index (χ1) is 11.1. The van der Waals surface area contributed by atoms with Crippen molar-refractivity contribution in [3.05, 3.63) is 59.9 Å². The summed E-state index contributed by atoms with van der Waals surface area (Å²) in [6, 6.07) is 10.5. The van der Waals surface area contributed by atoms with Crippen molar-refractivity contribution in [2.24, 2.45) is 5.73 Å². The van der Waals surface area contributed by atoms with Crippen molar-refractivity contribution in [1.29, 1.82) is 0 Å². The zero-order chi connectivity index (χ0) is 16.2. The van der Waals surface area contributed by atoms with E-state index in [1.165, 1.54) is 5.56 Å². The lowest BCUT2D eigenvalue weighted by molar-refractivity contribution is -0.121. The van der Waals surface area contributed by atoms with E-state index in [1.807, 2.05) is 35.4 Å². The van der Waals surface area contributed by atoms with Gasteiger partial charge in [0.15, 0.2) is 0 Å². The molecule has 0 aromatic heterocycles. The number of benzene rings is 1. The van der Waals surface area contributed by atoms with Gasteiger partial charge in [-0.15, -0.1) is 0 Å². The number of carbonyl (C=O) groups is 2. The number of nitrogens with zero attached hydrogens (tertiary/aromatic N) is 1. The zero-order valence-corrected chi connectivity index (χ0v) is 12.9. The van der Waals surface area contributed by atoms with E-state index in [0.29, 0.717) is 30.9 Å². The summed E-state index contributed by atoms with van der Waals surface area (Å²) >= 11 is 0. The molecule has 2 amide bonds. The predicted octanol–water partition coefficient (Wildman–Crippen LogP) is 1.64. The molecule has 5 heteroatoms. The lowest BCUT2D eigenvalue weighted by Gasteiger charge is -2.20. The minimum atomic E-state index is -0.410. The van der Waals surface area contributed by atoms with Crippen molar-refractivity contribution >= 4 is 11.8 Å². The van der Waals surface area contributed by atoms with Crippen LogP contribution in [0.2, 0.25) is 0 Å². The maximum absolute atomic E-state index is 12.1. The van der Waals surface area contributed by atoms with Crippen molar-refractivity contribution in [3.8, 4) is 0 Å². The smallest absolute Gasteiger partial charge is 0.246 e. The van der Waals surface area contributed by atoms with Crippen LogP contribution in [0.15, 0.2) is 54.4 Å². The van der Waals surface area contributed by atoms with Gasteiger partial charge >= 0.3 is 0 Å². The SMILES string of the molecule is NC(=O)C1=CN(CCC(=O)N[C@H]2C[C@@H]2c2ccccc2)C=CC1. The summed E-state index contributed by atoms with van der Waals surface area (Å²) in [5.41, 5.74) is 7.13. The second kappa shape index (κ2) is 6.69. The number of carbonyl (C=O) groups excluding carboxylic acids is 2. The first-order valence-electron chi connectivity index (χ1n) is 7.90. The van der Waals surface area contributed by atoms with Gasteiger partial charge in [-0.3, -0.25) is 9.59 Å². The van der Waals surface area contributed by atoms with Crippen molar-refractivity contribution < 1.29 is 9.59 Å². The summed E-state index contributed by atoms with van der Waals surface area (Å²) in [5, 5.41) is 3.07. The van der Waals surface area contributed by atoms with Crippen LogP contribution in [-0.4, -0.2) is 29.3 Å². The number of primary amides is 1. The Bertz CT molecular complexity index is 651. The van der Waals surface area contributed by atoms with Gasteiger partial charge in [-0.1, -0.05) is 36.4 Å². The number of nitrogens with two attached hydrogens (primary N) is 1. The van der Waals surface area contributed by atoms with E-state index in [2.05, 4.69) is 17.4 Å². The van der Waals surface area contributed by atoms with E-state index >= 15 is 0 Å². The summed E-state index contributed by atoms with van der Waals surface area (Å²) in [4.78, 5) is 25.1. The molecule has 2 aliphatic rings. The number of amides is 2. The van der Waals surface area contributed by atoms with Gasteiger partial charge < -0.3 is 16.0 Å². The molecule has 1 fully saturated rings. The number of hydrogen-bond acceptors (Lipinski definition) is 3. The molecule has 0 spiro atoms. The minimum Gasteiger partial charge on any atom is -0.366 e. The largest absolute Gasteiger partial charge is 0.366 e. The van der Waals surface area contributed by atoms with Crippen LogP contribution in [-0.2, 0) is 9.59 Å². The summed E-state index contributed by atoms with van der Waals surface area (Å²) in [5.74, 6) is 0.0744. The van der Waals surface area contributed by atoms with E-state index < -0.39 is 5.91 Å². The van der Waals surface area contributed by atoms with E-state index in [0.717, 1.165) is 6.42 Å². The van der Waals surface area contributed by atoms with Crippen LogP contribution in [0, 0.1) is 0 Å². The maximum atomic E-state index is 12.1. The molecule has 2 atom stereocenters. The Morgan fingerprint density at radius 1 is 1.26 bits per heavy atom. The van der Waals surface area contributed by atoms with Crippen molar-refractivity contribution in [2.75, 3.05) is 6.54 Å². The molecule has 120 valence electrons. The fraction of sp³-hybridized carbons (Fsp3) is 0.333. The molecule has 0 unspecified atom stereocenters. The molecule has 1 aliphatic carbocycles. The average Bonchev–Trinajstić information content (AvgIpc) is 3.33. The van der Waals surface area contributed by atoms with E-state index in [4.69, 9.17) is 5.73 Å². The number of hydrogen-bond donors (Lipinski definition) is 2. The number of allylic oxidation sites excluding steroid dienone is 1. The molecule has 3 N–H and O–H groups in total. The highest BCUT2D eigenvalue weighted by atomic mass is 16.2. The standard InChI is InChI=1S/C18H21N3O2/c19-18(23)14-7-4-9-21(12-14)10-8-17(22)20-16-11-15(16)13-5-2-1-3-6-13/h1-6,9,12,15-16H,7-8,10-11H2,(H2,19,23)(H,20,22)/t15-,16+/m1/s1. The summed E-state index contributed by atoms with van der Waals surface area (Å²) < 4.78 is 0. The molecule has 1 aromatic carbocycles. The number of nitrogens with one attached hydrogen (secondary N) is 1. The molecule has 1 aliphatic heterocycles. The van der Waals surface area contributed by atoms with Gasteiger partial charge in [-0.25, -0.2) is 0 Å². The van der Waals surface area contributed by atoms with E-state index in [1.54, 1.807) is 6.20 Å². The molecule has 5 nitrogen and oxygen atoms in total. The van der Waals surface area contributed by atoms with Gasteiger partial charge in [0.2, 0.25) is 11.8 Å². The lowest BCUT2D eigenvalue weighted by atomic mass is 10.1. The molecule has 1 aromatic rings. The van der Waals surface area contributed by atoms with Crippen molar-refractivity contribution in [1.82, 2.24) is 10.2 Å². The third kappa shape index (κ3) is 4.00. The Morgan fingerprint density at radius 3 is 2.78 bits per heavy atom. The van der Waals surface area contributed by atoms with Crippen LogP contribution >= 0.6 is 0 Å². The molecular weight excluding hydrogens is 290 g/mol. The fourth-order valence-corrected chi connectivity index (χ4v) is 2.85. The Labute approximate surface area is 135 Å². The van der Waals surface area contributed by atoms with E-state index in [-0.39, 0.29) is 11.9 Å². The molecule has 0 saturated heterocycles. The third-order valence-electron chi connectivity index (χ3n) is 4.23. The highest BCUT2D eigenvalue weighted by Crippen LogP contribution is 2.40. The second-order valence-corrected chi connectivity index (χ2v) is 6.02. The van der Waals surface area contributed by atoms with Gasteiger partial charge in [0.05, 0.1) is 0 Å². The van der Waals surface area contributed by atoms with Crippen LogP contribution in [0.25, 0.3) is 0 Å². The normalized spacial score (nSPS) is 22.4. The maximum Gasteiger partial charge on any atom is 0.246 e. The van der Waals surface area contributed by atoms with Gasteiger partial charge in [0.25, 0.3) is 0 Å². The van der Waals surface area contributed by atoms with Crippen LogP contribution in [0.4, 0.5) is 0 Å². The zero-order valence-electron chi connectivity index (χ0n) is 12.9. The molecule has 1 heterocycles. The molecule has 0 bridgehead atoms. The van der Waals surface area contributed by atoms with Gasteiger partial charge in [0.1, 0.15) is 0 Å². The van der Waals surface area contributed by atoms with Crippen molar-refractivity contribution in [3.63, 3.8) is 0 Å². The third-order valence-corrected chi connectivity index (χ3v) is 4.23. The highest BCUT2D eigenvalue weighted by molar-refractivity contribution is 5.92. The quantitative estimate of drug-likeness (QED) is 0.838. The monoisotopic (exact) mass is 311 g/mol. The molecule has 3 rings (SSSR count). The van der Waals surface area contributed by atoms with Crippen LogP contribution in [0.1, 0.15) is 30.7 Å². The van der Waals surface area contributed by atoms with Crippen molar-refractivity contribution in [2.45, 2.75) is 31.2 Å². The van der Waals surface area contributed by atoms with Gasteiger partial charge in [-0.05, 0) is 24.6 Å². The molecule has 1 saturated carbocycles. The molecule has 23 heavy (non-hydrogen) atoms. The summed E-state index contributed by atoms with van der Waals surface area (Å²) in [6.07, 6.45) is 7.43. The highest BCUT2D eigenvalue weighted by Gasteiger charge is 2.39. The summed E-state index contributed by atoms with van der Waals surface area (Å²) in [6.45, 7) is 0.543.